The Morgan fingerprint density at radius 3 is 2.41 bits per heavy atom. The fourth-order valence-electron chi connectivity index (χ4n) is 3.12. The van der Waals surface area contributed by atoms with Gasteiger partial charge in [0.15, 0.2) is 5.78 Å². The van der Waals surface area contributed by atoms with Crippen molar-refractivity contribution in [1.82, 2.24) is 4.90 Å². The molecule has 2 amide bonds. The average molecular weight is 435 g/mol. The zero-order valence-corrected chi connectivity index (χ0v) is 16.5. The summed E-state index contributed by atoms with van der Waals surface area (Å²) in [5.41, 5.74) is 0.787. The average Bonchev–Trinajstić information content (AvgIpc) is 2.69. The topological polar surface area (TPSA) is 58.6 Å². The zero-order valence-electron chi connectivity index (χ0n) is 14.9. The summed E-state index contributed by atoms with van der Waals surface area (Å²) in [4.78, 5) is 26.6. The number of methoxy groups -OCH3 is 1. The Morgan fingerprint density at radius 2 is 1.81 bits per heavy atom. The van der Waals surface area contributed by atoms with Gasteiger partial charge in [-0.1, -0.05) is 15.9 Å². The molecule has 1 heterocycles. The monoisotopic (exact) mass is 434 g/mol. The number of likely N-dealkylation sites (tertiary alicyclic amines) is 1. The van der Waals surface area contributed by atoms with Gasteiger partial charge in [0.05, 0.1) is 12.8 Å². The molecule has 7 heteroatoms. The lowest BCUT2D eigenvalue weighted by Crippen LogP contribution is -2.42. The van der Waals surface area contributed by atoms with E-state index < -0.39 is 5.82 Å². The summed E-state index contributed by atoms with van der Waals surface area (Å²) in [7, 11) is 1.58. The van der Waals surface area contributed by atoms with E-state index in [1.165, 1.54) is 12.1 Å². The molecule has 0 spiro atoms. The molecule has 0 aliphatic carbocycles. The van der Waals surface area contributed by atoms with Crippen molar-refractivity contribution in [2.75, 3.05) is 25.5 Å². The van der Waals surface area contributed by atoms with Crippen molar-refractivity contribution in [3.8, 4) is 5.75 Å². The zero-order chi connectivity index (χ0) is 19.4. The quantitative estimate of drug-likeness (QED) is 0.707. The van der Waals surface area contributed by atoms with E-state index in [-0.39, 0.29) is 23.4 Å². The number of ether oxygens (including phenoxy) is 1. The predicted octanol–water partition coefficient (Wildman–Crippen LogP) is 4.72. The van der Waals surface area contributed by atoms with Gasteiger partial charge in [0, 0.05) is 29.0 Å². The van der Waals surface area contributed by atoms with Gasteiger partial charge < -0.3 is 15.0 Å². The standard InChI is InChI=1S/C20H20BrFN2O3/c1-27-16-5-2-13(3-6-16)19(25)14-8-10-24(11-9-14)20(26)23-18-7-4-15(21)12-17(18)22/h2-7,12,14H,8-11H2,1H3,(H,23,26). The van der Waals surface area contributed by atoms with Crippen LogP contribution in [0.4, 0.5) is 14.9 Å². The number of nitrogens with one attached hydrogen (secondary N) is 1. The van der Waals surface area contributed by atoms with E-state index in [0.717, 1.165) is 0 Å². The van der Waals surface area contributed by atoms with Crippen LogP contribution in [0.5, 0.6) is 5.75 Å². The molecule has 0 unspecified atom stereocenters. The number of carbonyl (C=O) groups is 2. The van der Waals surface area contributed by atoms with Crippen molar-refractivity contribution in [1.29, 1.82) is 0 Å². The number of nitrogens with zero attached hydrogens (tertiary/aromatic N) is 1. The first-order valence-corrected chi connectivity index (χ1v) is 9.46. The van der Waals surface area contributed by atoms with Crippen molar-refractivity contribution in [2.45, 2.75) is 12.8 Å². The van der Waals surface area contributed by atoms with Gasteiger partial charge >= 0.3 is 6.03 Å². The van der Waals surface area contributed by atoms with Gasteiger partial charge in [-0.15, -0.1) is 0 Å². The Bertz CT molecular complexity index is 834. The van der Waals surface area contributed by atoms with Crippen LogP contribution >= 0.6 is 15.9 Å². The molecule has 0 radical (unpaired) electrons. The van der Waals surface area contributed by atoms with Crippen LogP contribution in [0, 0.1) is 11.7 Å². The highest BCUT2D eigenvalue weighted by molar-refractivity contribution is 9.10. The maximum atomic E-state index is 13.9. The predicted molar refractivity (Wildman–Crippen MR) is 105 cm³/mol. The Labute approximate surface area is 165 Å². The molecular weight excluding hydrogens is 415 g/mol. The SMILES string of the molecule is COc1ccc(C(=O)C2CCN(C(=O)Nc3ccc(Br)cc3F)CC2)cc1. The van der Waals surface area contributed by atoms with E-state index in [0.29, 0.717) is 41.7 Å². The first-order chi connectivity index (χ1) is 13.0. The first-order valence-electron chi connectivity index (χ1n) is 8.67. The van der Waals surface area contributed by atoms with Crippen LogP contribution in [0.1, 0.15) is 23.2 Å². The lowest BCUT2D eigenvalue weighted by atomic mass is 9.89. The molecule has 1 fully saturated rings. The van der Waals surface area contributed by atoms with E-state index in [9.17, 15) is 14.0 Å². The number of ketones is 1. The number of rotatable bonds is 4. The van der Waals surface area contributed by atoms with E-state index in [1.807, 2.05) is 0 Å². The Kier molecular flexibility index (Phi) is 6.11. The number of amides is 2. The van der Waals surface area contributed by atoms with Crippen LogP contribution < -0.4 is 10.1 Å². The molecule has 0 atom stereocenters. The number of hydrogen-bond acceptors (Lipinski definition) is 3. The number of piperidine rings is 1. The molecule has 27 heavy (non-hydrogen) atoms. The van der Waals surface area contributed by atoms with Crippen LogP contribution in [0.2, 0.25) is 0 Å². The second-order valence-corrected chi connectivity index (χ2v) is 7.32. The van der Waals surface area contributed by atoms with Gasteiger partial charge in [0.25, 0.3) is 0 Å². The third kappa shape index (κ3) is 4.66. The number of anilines is 1. The second-order valence-electron chi connectivity index (χ2n) is 6.41. The minimum atomic E-state index is -0.498. The van der Waals surface area contributed by atoms with E-state index >= 15 is 0 Å². The van der Waals surface area contributed by atoms with Gasteiger partial charge in [0.1, 0.15) is 11.6 Å². The maximum Gasteiger partial charge on any atom is 0.321 e. The molecular formula is C20H20BrFN2O3. The van der Waals surface area contributed by atoms with Crippen LogP contribution in [0.3, 0.4) is 0 Å². The molecule has 2 aromatic carbocycles. The summed E-state index contributed by atoms with van der Waals surface area (Å²) in [6.45, 7) is 0.910. The molecule has 3 rings (SSSR count). The molecule has 0 aromatic heterocycles. The fraction of sp³-hybridized carbons (Fsp3) is 0.300. The molecule has 1 aliphatic rings. The van der Waals surface area contributed by atoms with Gasteiger partial charge in [0.2, 0.25) is 0 Å². The number of hydrogen-bond donors (Lipinski definition) is 1. The molecule has 2 aromatic rings. The molecule has 1 saturated heterocycles. The molecule has 1 aliphatic heterocycles. The van der Waals surface area contributed by atoms with Crippen molar-refractivity contribution < 1.29 is 18.7 Å². The third-order valence-corrected chi connectivity index (χ3v) is 5.19. The third-order valence-electron chi connectivity index (χ3n) is 4.70. The Balaban J connectivity index is 1.56. The number of Topliss-reactive ketones (excluding diaryl/α,β-unsaturated/α-hetero) is 1. The minimum Gasteiger partial charge on any atom is -0.497 e. The van der Waals surface area contributed by atoms with Crippen LogP contribution in [0.25, 0.3) is 0 Å². The molecule has 5 nitrogen and oxygen atoms in total. The van der Waals surface area contributed by atoms with Crippen LogP contribution in [-0.4, -0.2) is 36.9 Å². The lowest BCUT2D eigenvalue weighted by Gasteiger charge is -2.31. The molecule has 1 N–H and O–H groups in total. The summed E-state index contributed by atoms with van der Waals surface area (Å²) < 4.78 is 19.6. The highest BCUT2D eigenvalue weighted by Crippen LogP contribution is 2.24. The second kappa shape index (κ2) is 8.52. The van der Waals surface area contributed by atoms with Crippen molar-refractivity contribution in [3.05, 3.63) is 58.3 Å². The molecule has 142 valence electrons. The summed E-state index contributed by atoms with van der Waals surface area (Å²) in [6, 6.07) is 11.2. The summed E-state index contributed by atoms with van der Waals surface area (Å²) in [5, 5.41) is 2.59. The molecule has 0 bridgehead atoms. The van der Waals surface area contributed by atoms with Gasteiger partial charge in [-0.25, -0.2) is 9.18 Å². The summed E-state index contributed by atoms with van der Waals surface area (Å²) >= 11 is 3.18. The van der Waals surface area contributed by atoms with E-state index in [1.54, 1.807) is 42.3 Å². The highest BCUT2D eigenvalue weighted by atomic mass is 79.9. The number of urea groups is 1. The van der Waals surface area contributed by atoms with Crippen molar-refractivity contribution >= 4 is 33.4 Å². The Morgan fingerprint density at radius 1 is 1.15 bits per heavy atom. The maximum absolute atomic E-state index is 13.9. The lowest BCUT2D eigenvalue weighted by molar-refractivity contribution is 0.0859. The molecule has 0 saturated carbocycles. The normalized spacial score (nSPS) is 14.7. The number of carbonyl (C=O) groups excluding carboxylic acids is 2. The minimum absolute atomic E-state index is 0.0802. The smallest absolute Gasteiger partial charge is 0.321 e. The highest BCUT2D eigenvalue weighted by Gasteiger charge is 2.28. The summed E-state index contributed by atoms with van der Waals surface area (Å²) in [5.74, 6) is 0.170. The van der Waals surface area contributed by atoms with E-state index in [4.69, 9.17) is 4.74 Å². The van der Waals surface area contributed by atoms with Gasteiger partial charge in [-0.3, -0.25) is 4.79 Å². The van der Waals surface area contributed by atoms with Crippen LogP contribution in [0.15, 0.2) is 46.9 Å². The Hall–Kier alpha value is -2.41. The van der Waals surface area contributed by atoms with E-state index in [2.05, 4.69) is 21.2 Å². The van der Waals surface area contributed by atoms with Gasteiger partial charge in [-0.2, -0.15) is 0 Å². The summed E-state index contributed by atoms with van der Waals surface area (Å²) in [6.07, 6.45) is 1.17. The largest absolute Gasteiger partial charge is 0.497 e. The fourth-order valence-corrected chi connectivity index (χ4v) is 3.45. The number of benzene rings is 2. The first kappa shape index (κ1) is 19.4. The van der Waals surface area contributed by atoms with Crippen molar-refractivity contribution in [3.63, 3.8) is 0 Å². The van der Waals surface area contributed by atoms with Crippen LogP contribution in [-0.2, 0) is 0 Å². The van der Waals surface area contributed by atoms with Gasteiger partial charge in [-0.05, 0) is 55.3 Å². The number of halogens is 2. The van der Waals surface area contributed by atoms with Crippen molar-refractivity contribution in [2.24, 2.45) is 5.92 Å².